The van der Waals surface area contributed by atoms with Crippen LogP contribution in [0.25, 0.3) is 0 Å². The molecule has 232 valence electrons. The molecule has 1 atom stereocenters. The molecular formula is C32H40BrN3O6S. The fourth-order valence-corrected chi connectivity index (χ4v) is 6.16. The van der Waals surface area contributed by atoms with Crippen molar-refractivity contribution in [1.29, 1.82) is 0 Å². The molecule has 0 aromatic heterocycles. The monoisotopic (exact) mass is 673 g/mol. The van der Waals surface area contributed by atoms with Crippen molar-refractivity contribution in [3.8, 4) is 11.5 Å². The summed E-state index contributed by atoms with van der Waals surface area (Å²) in [6.45, 7) is 9.26. The number of amides is 2. The smallest absolute Gasteiger partial charge is 0.264 e. The fraction of sp³-hybridized carbons (Fsp3) is 0.375. The number of carbonyl (C=O) groups is 2. The Morgan fingerprint density at radius 1 is 0.953 bits per heavy atom. The molecule has 9 nitrogen and oxygen atoms in total. The third kappa shape index (κ3) is 9.21. The number of halogens is 1. The Balaban J connectivity index is 2.08. The average molecular weight is 675 g/mol. The number of anilines is 1. The number of benzene rings is 3. The standard InChI is InChI=1S/C32H40BrN3O6S/c1-7-29(31(38)34-32(3,4)5)35(21-23-10-9-11-27(20-23)41-6)30(37)22-36(25-14-16-26(17-15-25)42-8-2)43(39,40)28-18-12-24(33)13-19-28/h9-20,29H,7-8,21-22H2,1-6H3,(H,34,38). The lowest BCUT2D eigenvalue weighted by atomic mass is 10.1. The van der Waals surface area contributed by atoms with Crippen LogP contribution >= 0.6 is 15.9 Å². The van der Waals surface area contributed by atoms with Gasteiger partial charge in [-0.25, -0.2) is 8.42 Å². The molecule has 0 radical (unpaired) electrons. The fourth-order valence-electron chi connectivity index (χ4n) is 4.48. The molecule has 0 aliphatic heterocycles. The summed E-state index contributed by atoms with van der Waals surface area (Å²) in [4.78, 5) is 29.2. The maximum Gasteiger partial charge on any atom is 0.264 e. The van der Waals surface area contributed by atoms with Gasteiger partial charge in [-0.05, 0) is 100 Å². The number of methoxy groups -OCH3 is 1. The first-order valence-corrected chi connectivity index (χ1v) is 16.3. The molecule has 0 aliphatic carbocycles. The Labute approximate surface area is 263 Å². The van der Waals surface area contributed by atoms with E-state index >= 15 is 0 Å². The second-order valence-corrected chi connectivity index (χ2v) is 13.7. The number of hydrogen-bond acceptors (Lipinski definition) is 6. The van der Waals surface area contributed by atoms with Gasteiger partial charge < -0.3 is 19.7 Å². The van der Waals surface area contributed by atoms with Crippen LogP contribution in [0, 0.1) is 0 Å². The van der Waals surface area contributed by atoms with Crippen LogP contribution < -0.4 is 19.1 Å². The van der Waals surface area contributed by atoms with Crippen LogP contribution in [0.4, 0.5) is 5.69 Å². The third-order valence-corrected chi connectivity index (χ3v) is 8.80. The molecule has 3 aromatic carbocycles. The van der Waals surface area contributed by atoms with Gasteiger partial charge in [-0.3, -0.25) is 13.9 Å². The highest BCUT2D eigenvalue weighted by atomic mass is 79.9. The SMILES string of the molecule is CCOc1ccc(N(CC(=O)N(Cc2cccc(OC)c2)C(CC)C(=O)NC(C)(C)C)S(=O)(=O)c2ccc(Br)cc2)cc1. The molecule has 0 aliphatic rings. The average Bonchev–Trinajstić information content (AvgIpc) is 2.95. The van der Waals surface area contributed by atoms with Crippen LogP contribution in [0.1, 0.15) is 46.6 Å². The van der Waals surface area contributed by atoms with Crippen molar-refractivity contribution in [3.05, 3.63) is 82.8 Å². The van der Waals surface area contributed by atoms with Crippen LogP contribution in [0.2, 0.25) is 0 Å². The van der Waals surface area contributed by atoms with E-state index < -0.39 is 34.1 Å². The number of carbonyl (C=O) groups excluding carboxylic acids is 2. The molecule has 1 N–H and O–H groups in total. The van der Waals surface area contributed by atoms with Gasteiger partial charge in [-0.2, -0.15) is 0 Å². The minimum Gasteiger partial charge on any atom is -0.497 e. The number of ether oxygens (including phenoxy) is 2. The number of nitrogens with one attached hydrogen (secondary N) is 1. The topological polar surface area (TPSA) is 105 Å². The van der Waals surface area contributed by atoms with E-state index in [1.807, 2.05) is 40.7 Å². The van der Waals surface area contributed by atoms with Crippen LogP contribution in [0.15, 0.2) is 82.2 Å². The van der Waals surface area contributed by atoms with Crippen LogP contribution in [0.5, 0.6) is 11.5 Å². The highest BCUT2D eigenvalue weighted by Gasteiger charge is 2.34. The lowest BCUT2D eigenvalue weighted by Gasteiger charge is -2.34. The van der Waals surface area contributed by atoms with Crippen molar-refractivity contribution >= 4 is 43.5 Å². The Kier molecular flexibility index (Phi) is 11.6. The van der Waals surface area contributed by atoms with Gasteiger partial charge in [-0.1, -0.05) is 35.0 Å². The van der Waals surface area contributed by atoms with Crippen molar-refractivity contribution in [2.45, 2.75) is 64.1 Å². The summed E-state index contributed by atoms with van der Waals surface area (Å²) in [5.41, 5.74) is 0.486. The van der Waals surface area contributed by atoms with Crippen LogP contribution in [-0.4, -0.2) is 57.0 Å². The molecule has 0 heterocycles. The van der Waals surface area contributed by atoms with Gasteiger partial charge in [-0.15, -0.1) is 0 Å². The number of rotatable bonds is 13. The van der Waals surface area contributed by atoms with Crippen LogP contribution in [-0.2, 0) is 26.2 Å². The van der Waals surface area contributed by atoms with Crippen molar-refractivity contribution in [1.82, 2.24) is 10.2 Å². The predicted octanol–water partition coefficient (Wildman–Crippen LogP) is 5.77. The van der Waals surface area contributed by atoms with E-state index in [4.69, 9.17) is 9.47 Å². The maximum absolute atomic E-state index is 14.2. The van der Waals surface area contributed by atoms with Crippen molar-refractivity contribution in [2.75, 3.05) is 24.6 Å². The summed E-state index contributed by atoms with van der Waals surface area (Å²) >= 11 is 3.35. The number of nitrogens with zero attached hydrogens (tertiary/aromatic N) is 2. The van der Waals surface area contributed by atoms with Gasteiger partial charge in [0.15, 0.2) is 0 Å². The van der Waals surface area contributed by atoms with Gasteiger partial charge in [0.25, 0.3) is 10.0 Å². The largest absolute Gasteiger partial charge is 0.497 e. The van der Waals surface area contributed by atoms with Crippen molar-refractivity contribution < 1.29 is 27.5 Å². The Morgan fingerprint density at radius 2 is 1.60 bits per heavy atom. The molecule has 0 spiro atoms. The Hall–Kier alpha value is -3.57. The summed E-state index contributed by atoms with van der Waals surface area (Å²) in [5.74, 6) is 0.317. The summed E-state index contributed by atoms with van der Waals surface area (Å²) in [7, 11) is -2.64. The zero-order chi connectivity index (χ0) is 31.8. The molecule has 1 unspecified atom stereocenters. The van der Waals surface area contributed by atoms with Gasteiger partial charge in [0.05, 0.1) is 24.3 Å². The predicted molar refractivity (Wildman–Crippen MR) is 172 cm³/mol. The lowest BCUT2D eigenvalue weighted by Crippen LogP contribution is -2.55. The van der Waals surface area contributed by atoms with Crippen molar-refractivity contribution in [2.24, 2.45) is 0 Å². The minimum atomic E-state index is -4.19. The summed E-state index contributed by atoms with van der Waals surface area (Å²) in [6.07, 6.45) is 0.320. The molecule has 0 fully saturated rings. The molecule has 0 bridgehead atoms. The summed E-state index contributed by atoms with van der Waals surface area (Å²) < 4.78 is 40.7. The quantitative estimate of drug-likeness (QED) is 0.247. The normalized spacial score (nSPS) is 12.3. The van der Waals surface area contributed by atoms with E-state index in [0.717, 1.165) is 14.3 Å². The second kappa shape index (κ2) is 14.7. The number of hydrogen-bond donors (Lipinski definition) is 1. The molecule has 3 rings (SSSR count). The highest BCUT2D eigenvalue weighted by Crippen LogP contribution is 2.28. The van der Waals surface area contributed by atoms with E-state index in [-0.39, 0.29) is 23.0 Å². The summed E-state index contributed by atoms with van der Waals surface area (Å²) in [6, 6.07) is 19.1. The van der Waals surface area contributed by atoms with E-state index in [0.29, 0.717) is 24.5 Å². The summed E-state index contributed by atoms with van der Waals surface area (Å²) in [5, 5.41) is 2.97. The second-order valence-electron chi connectivity index (χ2n) is 10.9. The van der Waals surface area contributed by atoms with Gasteiger partial charge in [0.2, 0.25) is 11.8 Å². The van der Waals surface area contributed by atoms with E-state index in [2.05, 4.69) is 21.2 Å². The van der Waals surface area contributed by atoms with Crippen molar-refractivity contribution in [3.63, 3.8) is 0 Å². The first-order valence-electron chi connectivity index (χ1n) is 14.0. The molecule has 0 saturated heterocycles. The minimum absolute atomic E-state index is 0.0225. The lowest BCUT2D eigenvalue weighted by molar-refractivity contribution is -0.141. The Bertz CT molecular complexity index is 1490. The van der Waals surface area contributed by atoms with Gasteiger partial charge >= 0.3 is 0 Å². The Morgan fingerprint density at radius 3 is 2.16 bits per heavy atom. The van der Waals surface area contributed by atoms with Gasteiger partial charge in [0, 0.05) is 16.6 Å². The zero-order valence-corrected chi connectivity index (χ0v) is 27.9. The third-order valence-electron chi connectivity index (χ3n) is 6.49. The molecule has 0 saturated carbocycles. The highest BCUT2D eigenvalue weighted by molar-refractivity contribution is 9.10. The first kappa shape index (κ1) is 33.9. The van der Waals surface area contributed by atoms with E-state index in [1.54, 1.807) is 61.7 Å². The molecular weight excluding hydrogens is 634 g/mol. The number of sulfonamides is 1. The molecule has 3 aromatic rings. The zero-order valence-electron chi connectivity index (χ0n) is 25.5. The van der Waals surface area contributed by atoms with Gasteiger partial charge in [0.1, 0.15) is 24.1 Å². The first-order chi connectivity index (χ1) is 20.3. The van der Waals surface area contributed by atoms with Crippen LogP contribution in [0.3, 0.4) is 0 Å². The molecule has 43 heavy (non-hydrogen) atoms. The maximum atomic E-state index is 14.2. The molecule has 11 heteroatoms. The molecule has 2 amide bonds. The van der Waals surface area contributed by atoms with E-state index in [1.165, 1.54) is 17.0 Å². The van der Waals surface area contributed by atoms with E-state index in [9.17, 15) is 18.0 Å².